The Labute approximate surface area is 239 Å². The van der Waals surface area contributed by atoms with E-state index in [2.05, 4.69) is 4.74 Å². The van der Waals surface area contributed by atoms with Gasteiger partial charge in [-0.2, -0.15) is 8.78 Å². The van der Waals surface area contributed by atoms with E-state index >= 15 is 0 Å². The second-order valence-electron chi connectivity index (χ2n) is 9.47. The van der Waals surface area contributed by atoms with Gasteiger partial charge in [-0.3, -0.25) is 0 Å². The molecule has 0 atom stereocenters. The molecule has 43 heavy (non-hydrogen) atoms. The monoisotopic (exact) mass is 610 g/mol. The standard InChI is InChI=1S/C32H20F10O/c1-2-3-4-5-17-6-8-21(23(33)10-17)19-13-26(36)30(27(37)14-19)32(41,42)43-20-15-24(34)22(25(35)16-20)9-7-18-11-28(38)31(40)29(39)12-18/h6,8,10-16H,2-5H2,1H3. The van der Waals surface area contributed by atoms with E-state index in [4.69, 9.17) is 0 Å². The van der Waals surface area contributed by atoms with Crippen molar-refractivity contribution in [3.63, 3.8) is 0 Å². The normalized spacial score (nSPS) is 11.3. The molecule has 224 valence electrons. The maximum atomic E-state index is 14.9. The lowest BCUT2D eigenvalue weighted by molar-refractivity contribution is -0.189. The first kappa shape index (κ1) is 31.5. The Morgan fingerprint density at radius 2 is 1.26 bits per heavy atom. The van der Waals surface area contributed by atoms with Gasteiger partial charge in [0.15, 0.2) is 17.5 Å². The zero-order valence-corrected chi connectivity index (χ0v) is 22.2. The van der Waals surface area contributed by atoms with Crippen LogP contribution in [0.5, 0.6) is 5.75 Å². The molecule has 0 aliphatic rings. The summed E-state index contributed by atoms with van der Waals surface area (Å²) < 4.78 is 147. The third kappa shape index (κ3) is 7.13. The van der Waals surface area contributed by atoms with Gasteiger partial charge in [0.1, 0.15) is 40.4 Å². The first-order valence-electron chi connectivity index (χ1n) is 12.8. The first-order valence-corrected chi connectivity index (χ1v) is 12.8. The lowest BCUT2D eigenvalue weighted by Crippen LogP contribution is -2.25. The third-order valence-corrected chi connectivity index (χ3v) is 6.32. The number of hydrogen-bond donors (Lipinski definition) is 0. The van der Waals surface area contributed by atoms with Crippen LogP contribution in [0.2, 0.25) is 0 Å². The summed E-state index contributed by atoms with van der Waals surface area (Å²) >= 11 is 0. The lowest BCUT2D eigenvalue weighted by Gasteiger charge is -2.20. The quantitative estimate of drug-likeness (QED) is 0.0836. The van der Waals surface area contributed by atoms with E-state index in [9.17, 15) is 43.9 Å². The van der Waals surface area contributed by atoms with Crippen LogP contribution in [-0.4, -0.2) is 0 Å². The van der Waals surface area contributed by atoms with Crippen LogP contribution >= 0.6 is 0 Å². The molecule has 0 bridgehead atoms. The highest BCUT2D eigenvalue weighted by Gasteiger charge is 2.41. The lowest BCUT2D eigenvalue weighted by atomic mass is 9.99. The second kappa shape index (κ2) is 12.8. The van der Waals surface area contributed by atoms with Crippen LogP contribution in [0.15, 0.2) is 54.6 Å². The largest absolute Gasteiger partial charge is 0.432 e. The number of halogens is 10. The summed E-state index contributed by atoms with van der Waals surface area (Å²) in [4.78, 5) is 0. The topological polar surface area (TPSA) is 9.23 Å². The van der Waals surface area contributed by atoms with E-state index in [0.29, 0.717) is 36.2 Å². The summed E-state index contributed by atoms with van der Waals surface area (Å²) in [6.45, 7) is 2.00. The van der Waals surface area contributed by atoms with Crippen molar-refractivity contribution in [2.24, 2.45) is 0 Å². The molecule has 1 nitrogen and oxygen atoms in total. The Morgan fingerprint density at radius 3 is 1.81 bits per heavy atom. The maximum Gasteiger partial charge on any atom is 0.432 e. The van der Waals surface area contributed by atoms with Crippen LogP contribution in [0.4, 0.5) is 43.9 Å². The van der Waals surface area contributed by atoms with Crippen molar-refractivity contribution < 1.29 is 48.6 Å². The minimum Gasteiger partial charge on any atom is -0.429 e. The van der Waals surface area contributed by atoms with Gasteiger partial charge in [0, 0.05) is 23.3 Å². The van der Waals surface area contributed by atoms with Crippen molar-refractivity contribution in [3.05, 3.63) is 123 Å². The van der Waals surface area contributed by atoms with Gasteiger partial charge in [0.25, 0.3) is 0 Å². The Morgan fingerprint density at radius 1 is 0.651 bits per heavy atom. The van der Waals surface area contributed by atoms with Gasteiger partial charge >= 0.3 is 6.11 Å². The SMILES string of the molecule is CCCCCc1ccc(-c2cc(F)c(C(F)(F)Oc3cc(F)c(C#Cc4cc(F)c(F)c(F)c4)c(F)c3)c(F)c2)c(F)c1. The Hall–Kier alpha value is -4.46. The van der Waals surface area contributed by atoms with Gasteiger partial charge in [-0.05, 0) is 54.3 Å². The van der Waals surface area contributed by atoms with Crippen molar-refractivity contribution in [1.29, 1.82) is 0 Å². The summed E-state index contributed by atoms with van der Waals surface area (Å²) in [6.07, 6.45) is -1.51. The molecule has 0 fully saturated rings. The molecule has 0 unspecified atom stereocenters. The van der Waals surface area contributed by atoms with Crippen LogP contribution in [0.1, 0.15) is 48.4 Å². The Bertz CT molecular complexity index is 1670. The molecular weight excluding hydrogens is 590 g/mol. The van der Waals surface area contributed by atoms with Gasteiger partial charge < -0.3 is 4.74 Å². The van der Waals surface area contributed by atoms with Gasteiger partial charge in [-0.1, -0.05) is 43.7 Å². The predicted molar refractivity (Wildman–Crippen MR) is 138 cm³/mol. The zero-order chi connectivity index (χ0) is 31.5. The van der Waals surface area contributed by atoms with Crippen molar-refractivity contribution in [1.82, 2.24) is 0 Å². The van der Waals surface area contributed by atoms with Crippen LogP contribution in [-0.2, 0) is 12.5 Å². The molecule has 4 rings (SSSR count). The summed E-state index contributed by atoms with van der Waals surface area (Å²) in [7, 11) is 0. The van der Waals surface area contributed by atoms with Gasteiger partial charge in [0.05, 0.1) is 5.56 Å². The van der Waals surface area contributed by atoms with Gasteiger partial charge in [-0.15, -0.1) is 0 Å². The number of rotatable bonds is 8. The summed E-state index contributed by atoms with van der Waals surface area (Å²) in [5.41, 5.74) is -3.35. The third-order valence-electron chi connectivity index (χ3n) is 6.32. The average molecular weight is 610 g/mol. The van der Waals surface area contributed by atoms with Gasteiger partial charge in [0.2, 0.25) is 0 Å². The number of unbranched alkanes of at least 4 members (excludes halogenated alkanes) is 2. The minimum atomic E-state index is -4.79. The fourth-order valence-corrected chi connectivity index (χ4v) is 4.22. The molecule has 0 saturated carbocycles. The van der Waals surface area contributed by atoms with Gasteiger partial charge in [-0.25, -0.2) is 35.1 Å². The number of aryl methyl sites for hydroxylation is 1. The number of alkyl halides is 2. The molecule has 4 aromatic rings. The molecule has 0 heterocycles. The summed E-state index contributed by atoms with van der Waals surface area (Å²) in [5.74, 6) is -9.84. The molecule has 0 aliphatic heterocycles. The van der Waals surface area contributed by atoms with Crippen molar-refractivity contribution in [3.8, 4) is 28.7 Å². The fraction of sp³-hybridized carbons (Fsp3) is 0.188. The first-order chi connectivity index (χ1) is 20.3. The summed E-state index contributed by atoms with van der Waals surface area (Å²) in [5, 5.41) is 0. The number of ether oxygens (including phenoxy) is 1. The van der Waals surface area contributed by atoms with Crippen molar-refractivity contribution in [2.45, 2.75) is 38.7 Å². The van der Waals surface area contributed by atoms with Crippen LogP contribution in [0.3, 0.4) is 0 Å². The molecule has 0 N–H and O–H groups in total. The predicted octanol–water partition coefficient (Wildman–Crippen LogP) is 9.73. The van der Waals surface area contributed by atoms with Crippen LogP contribution in [0.25, 0.3) is 11.1 Å². The van der Waals surface area contributed by atoms with E-state index in [-0.39, 0.29) is 23.3 Å². The molecule has 0 radical (unpaired) electrons. The molecule has 0 spiro atoms. The van der Waals surface area contributed by atoms with E-state index in [1.807, 2.05) is 18.8 Å². The Balaban J connectivity index is 1.58. The Kier molecular flexibility index (Phi) is 9.38. The van der Waals surface area contributed by atoms with E-state index in [0.717, 1.165) is 19.3 Å². The highest BCUT2D eigenvalue weighted by molar-refractivity contribution is 5.65. The number of hydrogen-bond acceptors (Lipinski definition) is 1. The highest BCUT2D eigenvalue weighted by atomic mass is 19.3. The fourth-order valence-electron chi connectivity index (χ4n) is 4.22. The average Bonchev–Trinajstić information content (AvgIpc) is 2.90. The minimum absolute atomic E-state index is 0.236. The molecule has 0 aromatic heterocycles. The van der Waals surface area contributed by atoms with Crippen molar-refractivity contribution in [2.75, 3.05) is 0 Å². The summed E-state index contributed by atoms with van der Waals surface area (Å²) in [6, 6.07) is 6.40. The molecule has 0 amide bonds. The molecular formula is C32H20F10O. The molecule has 4 aromatic carbocycles. The number of benzene rings is 4. The van der Waals surface area contributed by atoms with E-state index in [1.165, 1.54) is 12.1 Å². The molecule has 11 heteroatoms. The van der Waals surface area contributed by atoms with Crippen LogP contribution < -0.4 is 4.74 Å². The zero-order valence-electron chi connectivity index (χ0n) is 22.2. The van der Waals surface area contributed by atoms with Crippen molar-refractivity contribution >= 4 is 0 Å². The van der Waals surface area contributed by atoms with E-state index < -0.39 is 75.1 Å². The maximum absolute atomic E-state index is 14.9. The van der Waals surface area contributed by atoms with Crippen LogP contribution in [0, 0.1) is 58.4 Å². The molecule has 0 saturated heterocycles. The second-order valence-corrected chi connectivity index (χ2v) is 9.47. The smallest absolute Gasteiger partial charge is 0.429 e. The highest BCUT2D eigenvalue weighted by Crippen LogP contribution is 2.38. The molecule has 0 aliphatic carbocycles. The van der Waals surface area contributed by atoms with E-state index in [1.54, 1.807) is 6.07 Å².